The molecule has 0 radical (unpaired) electrons. The molecule has 17 heavy (non-hydrogen) atoms. The lowest BCUT2D eigenvalue weighted by Crippen LogP contribution is -2.38. The molecule has 2 aliphatic rings. The molecule has 2 saturated carbocycles. The van der Waals surface area contributed by atoms with Crippen LogP contribution < -0.4 is 0 Å². The predicted molar refractivity (Wildman–Crippen MR) is 73.0 cm³/mol. The van der Waals surface area contributed by atoms with E-state index in [4.69, 9.17) is 0 Å². The second-order valence-corrected chi connectivity index (χ2v) is 6.88. The van der Waals surface area contributed by atoms with Crippen LogP contribution in [0.3, 0.4) is 0 Å². The van der Waals surface area contributed by atoms with Gasteiger partial charge in [0.05, 0.1) is 0 Å². The molecule has 0 N–H and O–H groups in total. The molecule has 2 bridgehead atoms. The number of hydrogen-bond acceptors (Lipinski definition) is 0. The molecule has 0 heterocycles. The summed E-state index contributed by atoms with van der Waals surface area (Å²) in [4.78, 5) is 0. The largest absolute Gasteiger partial charge is 0.0625 e. The van der Waals surface area contributed by atoms with Gasteiger partial charge in [-0.05, 0) is 60.8 Å². The zero-order valence-electron chi connectivity index (χ0n) is 11.2. The summed E-state index contributed by atoms with van der Waals surface area (Å²) < 4.78 is 0. The van der Waals surface area contributed by atoms with Crippen molar-refractivity contribution in [2.45, 2.75) is 51.4 Å². The maximum Gasteiger partial charge on any atom is -0.00700 e. The van der Waals surface area contributed by atoms with Crippen LogP contribution in [-0.2, 0) is 5.41 Å². The van der Waals surface area contributed by atoms with E-state index >= 15 is 0 Å². The topological polar surface area (TPSA) is 0 Å². The molecule has 0 heteroatoms. The summed E-state index contributed by atoms with van der Waals surface area (Å²) in [7, 11) is 0. The minimum absolute atomic E-state index is 0.453. The van der Waals surface area contributed by atoms with Crippen molar-refractivity contribution in [3.63, 3.8) is 0 Å². The van der Waals surface area contributed by atoms with Crippen molar-refractivity contribution >= 4 is 0 Å². The predicted octanol–water partition coefficient (Wildman–Crippen LogP) is 4.79. The van der Waals surface area contributed by atoms with Crippen LogP contribution in [0.2, 0.25) is 0 Å². The summed E-state index contributed by atoms with van der Waals surface area (Å²) in [6.07, 6.45) is 7.28. The molecule has 92 valence electrons. The van der Waals surface area contributed by atoms with Gasteiger partial charge in [0.1, 0.15) is 0 Å². The summed E-state index contributed by atoms with van der Waals surface area (Å²) in [6, 6.07) is 11.2. The standard InChI is InChI=1S/C17H24/c1-13-8-14-10-15(9-13)12-17(2,11-14)16-6-4-3-5-7-16/h3-7,13-15H,8-12H2,1-2H3. The third-order valence-electron chi connectivity index (χ3n) is 5.09. The van der Waals surface area contributed by atoms with Crippen LogP contribution in [-0.4, -0.2) is 0 Å². The van der Waals surface area contributed by atoms with Crippen LogP contribution >= 0.6 is 0 Å². The molecule has 0 saturated heterocycles. The lowest BCUT2D eigenvalue weighted by molar-refractivity contribution is 0.0899. The first kappa shape index (κ1) is 11.3. The minimum Gasteiger partial charge on any atom is -0.0625 e. The average Bonchev–Trinajstić information content (AvgIpc) is 2.28. The SMILES string of the molecule is CC1CC2CC(C1)CC(C)(c1ccccc1)C2. The van der Waals surface area contributed by atoms with Crippen molar-refractivity contribution in [3.8, 4) is 0 Å². The Kier molecular flexibility index (Phi) is 2.77. The molecule has 2 fully saturated rings. The first-order valence-corrected chi connectivity index (χ1v) is 7.21. The molecule has 0 aliphatic heterocycles. The Labute approximate surface area is 105 Å². The molecule has 0 amide bonds. The Hall–Kier alpha value is -0.780. The first-order valence-electron chi connectivity index (χ1n) is 7.21. The van der Waals surface area contributed by atoms with Gasteiger partial charge in [0.2, 0.25) is 0 Å². The quantitative estimate of drug-likeness (QED) is 0.648. The normalized spacial score (nSPS) is 41.2. The Bertz CT molecular complexity index is 360. The highest BCUT2D eigenvalue weighted by Crippen LogP contribution is 2.51. The zero-order valence-corrected chi connectivity index (χ0v) is 11.2. The molecule has 2 atom stereocenters. The summed E-state index contributed by atoms with van der Waals surface area (Å²) in [5, 5.41) is 0. The van der Waals surface area contributed by atoms with E-state index in [0.717, 1.165) is 17.8 Å². The van der Waals surface area contributed by atoms with Gasteiger partial charge in [-0.25, -0.2) is 0 Å². The fraction of sp³-hybridized carbons (Fsp3) is 0.647. The van der Waals surface area contributed by atoms with E-state index in [1.807, 2.05) is 0 Å². The molecule has 1 aromatic carbocycles. The number of benzene rings is 1. The zero-order chi connectivity index (χ0) is 11.9. The van der Waals surface area contributed by atoms with Gasteiger partial charge < -0.3 is 0 Å². The van der Waals surface area contributed by atoms with Gasteiger partial charge in [0, 0.05) is 0 Å². The molecule has 0 spiro atoms. The van der Waals surface area contributed by atoms with Gasteiger partial charge >= 0.3 is 0 Å². The van der Waals surface area contributed by atoms with Crippen molar-refractivity contribution in [2.75, 3.05) is 0 Å². The maximum atomic E-state index is 2.50. The van der Waals surface area contributed by atoms with E-state index < -0.39 is 0 Å². The fourth-order valence-corrected chi connectivity index (χ4v) is 4.67. The van der Waals surface area contributed by atoms with Gasteiger partial charge in [0.25, 0.3) is 0 Å². The molecule has 1 aromatic rings. The summed E-state index contributed by atoms with van der Waals surface area (Å²) >= 11 is 0. The first-order chi connectivity index (χ1) is 8.16. The van der Waals surface area contributed by atoms with E-state index in [-0.39, 0.29) is 0 Å². The summed E-state index contributed by atoms with van der Waals surface area (Å²) in [5.41, 5.74) is 2.03. The molecular formula is C17H24. The van der Waals surface area contributed by atoms with E-state index in [1.165, 1.54) is 32.1 Å². The molecule has 3 rings (SSSR count). The minimum atomic E-state index is 0.453. The van der Waals surface area contributed by atoms with Crippen molar-refractivity contribution < 1.29 is 0 Å². The summed E-state index contributed by atoms with van der Waals surface area (Å²) in [5.74, 6) is 2.95. The van der Waals surface area contributed by atoms with E-state index in [0.29, 0.717) is 5.41 Å². The van der Waals surface area contributed by atoms with E-state index in [2.05, 4.69) is 44.2 Å². The van der Waals surface area contributed by atoms with Crippen LogP contribution in [0, 0.1) is 17.8 Å². The highest BCUT2D eigenvalue weighted by atomic mass is 14.5. The molecule has 2 aliphatic carbocycles. The van der Waals surface area contributed by atoms with Crippen LogP contribution in [0.1, 0.15) is 51.5 Å². The molecule has 0 nitrogen and oxygen atoms in total. The van der Waals surface area contributed by atoms with Gasteiger partial charge in [-0.15, -0.1) is 0 Å². The lowest BCUT2D eigenvalue weighted by atomic mass is 9.58. The monoisotopic (exact) mass is 228 g/mol. The fourth-order valence-electron chi connectivity index (χ4n) is 4.67. The van der Waals surface area contributed by atoms with Crippen LogP contribution in [0.5, 0.6) is 0 Å². The maximum absolute atomic E-state index is 2.50. The van der Waals surface area contributed by atoms with E-state index in [1.54, 1.807) is 5.56 Å². The van der Waals surface area contributed by atoms with E-state index in [9.17, 15) is 0 Å². The second-order valence-electron chi connectivity index (χ2n) is 6.88. The van der Waals surface area contributed by atoms with Crippen LogP contribution in [0.25, 0.3) is 0 Å². The molecular weight excluding hydrogens is 204 g/mol. The molecule has 2 unspecified atom stereocenters. The number of fused-ring (bicyclic) bond motifs is 2. The average molecular weight is 228 g/mol. The summed E-state index contributed by atoms with van der Waals surface area (Å²) in [6.45, 7) is 4.95. The smallest absolute Gasteiger partial charge is 0.00700 e. The van der Waals surface area contributed by atoms with Crippen molar-refractivity contribution in [3.05, 3.63) is 35.9 Å². The van der Waals surface area contributed by atoms with Gasteiger partial charge in [-0.2, -0.15) is 0 Å². The highest BCUT2D eigenvalue weighted by Gasteiger charge is 2.41. The molecule has 0 aromatic heterocycles. The Morgan fingerprint density at radius 3 is 2.12 bits per heavy atom. The van der Waals surface area contributed by atoms with Crippen LogP contribution in [0.15, 0.2) is 30.3 Å². The second kappa shape index (κ2) is 4.15. The number of hydrogen-bond donors (Lipinski definition) is 0. The Morgan fingerprint density at radius 1 is 0.941 bits per heavy atom. The third-order valence-corrected chi connectivity index (χ3v) is 5.09. The van der Waals surface area contributed by atoms with Gasteiger partial charge in [-0.3, -0.25) is 0 Å². The van der Waals surface area contributed by atoms with Crippen molar-refractivity contribution in [2.24, 2.45) is 17.8 Å². The Balaban J connectivity index is 1.86. The van der Waals surface area contributed by atoms with Gasteiger partial charge in [-0.1, -0.05) is 44.2 Å². The van der Waals surface area contributed by atoms with Gasteiger partial charge in [0.15, 0.2) is 0 Å². The van der Waals surface area contributed by atoms with Crippen molar-refractivity contribution in [1.82, 2.24) is 0 Å². The lowest BCUT2D eigenvalue weighted by Gasteiger charge is -2.47. The van der Waals surface area contributed by atoms with Crippen molar-refractivity contribution in [1.29, 1.82) is 0 Å². The Morgan fingerprint density at radius 2 is 1.53 bits per heavy atom. The third kappa shape index (κ3) is 2.14. The highest BCUT2D eigenvalue weighted by molar-refractivity contribution is 5.25. The van der Waals surface area contributed by atoms with Crippen LogP contribution in [0.4, 0.5) is 0 Å². The number of rotatable bonds is 1.